The molecule has 7 heteroatoms. The van der Waals surface area contributed by atoms with Gasteiger partial charge in [0.15, 0.2) is 11.5 Å². The van der Waals surface area contributed by atoms with Crippen molar-refractivity contribution in [3.05, 3.63) is 60.2 Å². The van der Waals surface area contributed by atoms with Crippen molar-refractivity contribution in [2.75, 3.05) is 26.6 Å². The van der Waals surface area contributed by atoms with Gasteiger partial charge in [0.05, 0.1) is 27.0 Å². The van der Waals surface area contributed by atoms with Crippen molar-refractivity contribution in [2.24, 2.45) is 0 Å². The number of hydrogen-bond donors (Lipinski definition) is 2. The Bertz CT molecular complexity index is 1220. The number of anilines is 1. The van der Waals surface area contributed by atoms with Crippen molar-refractivity contribution in [3.63, 3.8) is 0 Å². The normalized spacial score (nSPS) is 10.8. The summed E-state index contributed by atoms with van der Waals surface area (Å²) in [6.07, 6.45) is 0. The lowest BCUT2D eigenvalue weighted by Crippen LogP contribution is -2.28. The molecule has 2 amide bonds. The SMILES string of the molecule is COc1cc2c(cc1NC(=O)NCc1cccc(OC)c1OC)oc1ccccc12. The van der Waals surface area contributed by atoms with Crippen molar-refractivity contribution in [2.45, 2.75) is 6.54 Å². The average molecular weight is 406 g/mol. The van der Waals surface area contributed by atoms with Gasteiger partial charge in [-0.3, -0.25) is 0 Å². The molecular weight excluding hydrogens is 384 g/mol. The molecule has 0 saturated heterocycles. The van der Waals surface area contributed by atoms with E-state index >= 15 is 0 Å². The number of carbonyl (C=O) groups excluding carboxylic acids is 1. The van der Waals surface area contributed by atoms with Crippen molar-refractivity contribution in [3.8, 4) is 17.2 Å². The summed E-state index contributed by atoms with van der Waals surface area (Å²) in [6.45, 7) is 0.265. The number of benzene rings is 3. The summed E-state index contributed by atoms with van der Waals surface area (Å²) in [5, 5.41) is 7.57. The fraction of sp³-hybridized carbons (Fsp3) is 0.174. The molecule has 154 valence electrons. The Morgan fingerprint density at radius 3 is 2.43 bits per heavy atom. The first-order valence-corrected chi connectivity index (χ1v) is 9.38. The van der Waals surface area contributed by atoms with Gasteiger partial charge in [-0.2, -0.15) is 0 Å². The van der Waals surface area contributed by atoms with Crippen LogP contribution in [0.4, 0.5) is 10.5 Å². The van der Waals surface area contributed by atoms with Crippen LogP contribution in [0.5, 0.6) is 17.2 Å². The van der Waals surface area contributed by atoms with Crippen LogP contribution in [0.15, 0.2) is 59.0 Å². The number of ether oxygens (including phenoxy) is 3. The second-order valence-corrected chi connectivity index (χ2v) is 6.61. The van der Waals surface area contributed by atoms with E-state index in [2.05, 4.69) is 10.6 Å². The summed E-state index contributed by atoms with van der Waals surface area (Å²) >= 11 is 0. The molecule has 0 aliphatic carbocycles. The summed E-state index contributed by atoms with van der Waals surface area (Å²) in [5.41, 5.74) is 2.76. The van der Waals surface area contributed by atoms with Crippen LogP contribution in [0.1, 0.15) is 5.56 Å². The van der Waals surface area contributed by atoms with Crippen molar-refractivity contribution in [1.82, 2.24) is 5.32 Å². The summed E-state index contributed by atoms with van der Waals surface area (Å²) in [4.78, 5) is 12.5. The molecule has 1 aromatic heterocycles. The predicted octanol–water partition coefficient (Wildman–Crippen LogP) is 4.93. The maximum absolute atomic E-state index is 12.5. The van der Waals surface area contributed by atoms with Crippen LogP contribution in [0, 0.1) is 0 Å². The van der Waals surface area contributed by atoms with Crippen LogP contribution in [-0.2, 0) is 6.54 Å². The second kappa shape index (κ2) is 8.24. The highest BCUT2D eigenvalue weighted by Crippen LogP contribution is 2.36. The molecule has 1 heterocycles. The average Bonchev–Trinajstić information content (AvgIpc) is 3.13. The quantitative estimate of drug-likeness (QED) is 0.474. The highest BCUT2D eigenvalue weighted by Gasteiger charge is 2.15. The van der Waals surface area contributed by atoms with E-state index in [0.29, 0.717) is 28.5 Å². The third kappa shape index (κ3) is 3.57. The van der Waals surface area contributed by atoms with Crippen LogP contribution in [-0.4, -0.2) is 27.4 Å². The standard InChI is InChI=1S/C23H22N2O5/c1-27-19-10-6-7-14(22(19)29-3)13-24-23(26)25-17-12-20-16(11-21(17)28-2)15-8-4-5-9-18(15)30-20/h4-12H,13H2,1-3H3,(H2,24,25,26). The molecule has 0 bridgehead atoms. The molecule has 4 aromatic rings. The summed E-state index contributed by atoms with van der Waals surface area (Å²) in [5.74, 6) is 1.74. The Labute approximate surface area is 173 Å². The zero-order chi connectivity index (χ0) is 21.1. The number of methoxy groups -OCH3 is 3. The molecule has 4 rings (SSSR count). The minimum atomic E-state index is -0.381. The Hall–Kier alpha value is -3.87. The fourth-order valence-electron chi connectivity index (χ4n) is 3.45. The lowest BCUT2D eigenvalue weighted by atomic mass is 10.1. The lowest BCUT2D eigenvalue weighted by molar-refractivity contribution is 0.251. The molecular formula is C23H22N2O5. The first-order valence-electron chi connectivity index (χ1n) is 9.38. The smallest absolute Gasteiger partial charge is 0.319 e. The van der Waals surface area contributed by atoms with Gasteiger partial charge in [-0.05, 0) is 18.2 Å². The number of rotatable bonds is 6. The van der Waals surface area contributed by atoms with E-state index in [0.717, 1.165) is 21.9 Å². The number of para-hydroxylation sites is 2. The lowest BCUT2D eigenvalue weighted by Gasteiger charge is -2.14. The van der Waals surface area contributed by atoms with Gasteiger partial charge in [0.1, 0.15) is 16.9 Å². The largest absolute Gasteiger partial charge is 0.495 e. The third-order valence-electron chi connectivity index (χ3n) is 4.87. The molecule has 0 aliphatic heterocycles. The van der Waals surface area contributed by atoms with Gasteiger partial charge in [-0.25, -0.2) is 4.79 Å². The Morgan fingerprint density at radius 1 is 0.867 bits per heavy atom. The molecule has 0 saturated carbocycles. The number of amides is 2. The number of hydrogen-bond acceptors (Lipinski definition) is 5. The molecule has 0 atom stereocenters. The Kier molecular flexibility index (Phi) is 5.34. The first kappa shape index (κ1) is 19.4. The van der Waals surface area contributed by atoms with E-state index in [-0.39, 0.29) is 12.6 Å². The summed E-state index contributed by atoms with van der Waals surface area (Å²) < 4.78 is 22.1. The number of carbonyl (C=O) groups is 1. The number of nitrogens with one attached hydrogen (secondary N) is 2. The second-order valence-electron chi connectivity index (χ2n) is 6.61. The monoisotopic (exact) mass is 406 g/mol. The minimum Gasteiger partial charge on any atom is -0.495 e. The molecule has 0 unspecified atom stereocenters. The Balaban J connectivity index is 1.55. The molecule has 0 aliphatic rings. The fourth-order valence-corrected chi connectivity index (χ4v) is 3.45. The van der Waals surface area contributed by atoms with Crippen LogP contribution >= 0.6 is 0 Å². The first-order chi connectivity index (χ1) is 14.6. The van der Waals surface area contributed by atoms with Gasteiger partial charge < -0.3 is 29.3 Å². The van der Waals surface area contributed by atoms with E-state index in [4.69, 9.17) is 18.6 Å². The van der Waals surface area contributed by atoms with Gasteiger partial charge in [0.25, 0.3) is 0 Å². The molecule has 3 aromatic carbocycles. The number of furan rings is 1. The van der Waals surface area contributed by atoms with E-state index in [1.54, 1.807) is 33.5 Å². The van der Waals surface area contributed by atoms with Crippen LogP contribution in [0.25, 0.3) is 21.9 Å². The van der Waals surface area contributed by atoms with Crippen LogP contribution in [0.3, 0.4) is 0 Å². The van der Waals surface area contributed by atoms with E-state index in [1.807, 2.05) is 42.5 Å². The van der Waals surface area contributed by atoms with Crippen molar-refractivity contribution >= 4 is 33.7 Å². The summed E-state index contributed by atoms with van der Waals surface area (Å²) in [6, 6.07) is 16.5. The van der Waals surface area contributed by atoms with Gasteiger partial charge in [-0.1, -0.05) is 30.3 Å². The van der Waals surface area contributed by atoms with Gasteiger partial charge in [-0.15, -0.1) is 0 Å². The van der Waals surface area contributed by atoms with E-state index in [1.165, 1.54) is 0 Å². The third-order valence-corrected chi connectivity index (χ3v) is 4.87. The van der Waals surface area contributed by atoms with E-state index < -0.39 is 0 Å². The zero-order valence-corrected chi connectivity index (χ0v) is 16.9. The molecule has 2 N–H and O–H groups in total. The molecule has 7 nitrogen and oxygen atoms in total. The van der Waals surface area contributed by atoms with Crippen LogP contribution in [0.2, 0.25) is 0 Å². The van der Waals surface area contributed by atoms with Crippen molar-refractivity contribution in [1.29, 1.82) is 0 Å². The minimum absolute atomic E-state index is 0.265. The van der Waals surface area contributed by atoms with Crippen LogP contribution < -0.4 is 24.8 Å². The van der Waals surface area contributed by atoms with Gasteiger partial charge in [0.2, 0.25) is 0 Å². The number of fused-ring (bicyclic) bond motifs is 3. The van der Waals surface area contributed by atoms with E-state index in [9.17, 15) is 4.79 Å². The highest BCUT2D eigenvalue weighted by atomic mass is 16.5. The van der Waals surface area contributed by atoms with Crippen molar-refractivity contribution < 1.29 is 23.4 Å². The van der Waals surface area contributed by atoms with Gasteiger partial charge >= 0.3 is 6.03 Å². The number of urea groups is 1. The maximum Gasteiger partial charge on any atom is 0.319 e. The highest BCUT2D eigenvalue weighted by molar-refractivity contribution is 6.07. The predicted molar refractivity (Wildman–Crippen MR) is 116 cm³/mol. The molecule has 30 heavy (non-hydrogen) atoms. The molecule has 0 radical (unpaired) electrons. The maximum atomic E-state index is 12.5. The molecule has 0 spiro atoms. The molecule has 0 fully saturated rings. The zero-order valence-electron chi connectivity index (χ0n) is 16.9. The van der Waals surface area contributed by atoms with Gasteiger partial charge in [0, 0.05) is 28.9 Å². The Morgan fingerprint density at radius 2 is 1.67 bits per heavy atom. The topological polar surface area (TPSA) is 82.0 Å². The summed E-state index contributed by atoms with van der Waals surface area (Å²) in [7, 11) is 4.70.